The molecule has 0 amide bonds. The first-order chi connectivity index (χ1) is 12.0. The number of carbonyl (C=O) groups excluding carboxylic acids is 1. The van der Waals surface area contributed by atoms with E-state index in [0.29, 0.717) is 17.9 Å². The minimum atomic E-state index is -0.376. The third-order valence-electron chi connectivity index (χ3n) is 4.51. The molecule has 0 spiro atoms. The van der Waals surface area contributed by atoms with Crippen LogP contribution < -0.4 is 14.7 Å². The third kappa shape index (κ3) is 4.31. The number of aromatic hydroxyl groups is 1. The molecule has 0 aromatic heterocycles. The number of phenols is 1. The number of ketones is 1. The van der Waals surface area contributed by atoms with Gasteiger partial charge in [-0.1, -0.05) is 23.9 Å². The first kappa shape index (κ1) is 18.8. The summed E-state index contributed by atoms with van der Waals surface area (Å²) in [4.78, 5) is 13.8. The van der Waals surface area contributed by atoms with Crippen molar-refractivity contribution in [3.63, 3.8) is 0 Å². The summed E-state index contributed by atoms with van der Waals surface area (Å²) in [5.41, 5.74) is 1.16. The molecule has 0 aliphatic carbocycles. The van der Waals surface area contributed by atoms with Gasteiger partial charge in [-0.25, -0.2) is 0 Å². The van der Waals surface area contributed by atoms with Crippen molar-refractivity contribution in [2.45, 2.75) is 26.8 Å². The molecule has 0 unspecified atom stereocenters. The molecule has 0 atom stereocenters. The molecular weight excluding hydrogens is 318 g/mol. The molecular formula is C20H25NO4. The second-order valence-corrected chi connectivity index (χ2v) is 5.99. The van der Waals surface area contributed by atoms with E-state index in [9.17, 15) is 15.0 Å². The van der Waals surface area contributed by atoms with Crippen molar-refractivity contribution in [1.82, 2.24) is 0 Å². The zero-order valence-electron chi connectivity index (χ0n) is 15.0. The number of methoxy groups -OCH3 is 1. The summed E-state index contributed by atoms with van der Waals surface area (Å²) in [6.07, 6.45) is 0.0849. The summed E-state index contributed by atoms with van der Waals surface area (Å²) in [5, 5.41) is 22.8. The van der Waals surface area contributed by atoms with Crippen molar-refractivity contribution in [3.05, 3.63) is 53.1 Å². The number of hydrogen-bond acceptors (Lipinski definition) is 4. The second-order valence-electron chi connectivity index (χ2n) is 5.99. The van der Waals surface area contributed by atoms with Gasteiger partial charge in [0.1, 0.15) is 18.0 Å². The van der Waals surface area contributed by atoms with Crippen molar-refractivity contribution < 1.29 is 24.6 Å². The average molecular weight is 343 g/mol. The summed E-state index contributed by atoms with van der Waals surface area (Å²) >= 11 is 0. The van der Waals surface area contributed by atoms with Crippen molar-refractivity contribution in [2.75, 3.05) is 20.2 Å². The topological polar surface area (TPSA) is 74.0 Å². The highest BCUT2D eigenvalue weighted by Gasteiger charge is 2.17. The maximum Gasteiger partial charge on any atom is 0.166 e. The van der Waals surface area contributed by atoms with Gasteiger partial charge >= 0.3 is 0 Å². The van der Waals surface area contributed by atoms with E-state index in [1.54, 1.807) is 13.2 Å². The number of Topliss-reactive ketones (excluding diaryl/α,β-unsaturated/α-hetero) is 1. The highest BCUT2D eigenvalue weighted by Crippen LogP contribution is 2.29. The highest BCUT2D eigenvalue weighted by molar-refractivity contribution is 6.00. The first-order valence-electron chi connectivity index (χ1n) is 8.52. The summed E-state index contributed by atoms with van der Waals surface area (Å²) in [5.74, 6) is -0.0716. The van der Waals surface area contributed by atoms with Crippen molar-refractivity contribution in [2.24, 2.45) is 0 Å². The summed E-state index contributed by atoms with van der Waals surface area (Å²) in [7, 11) is 1.55. The van der Waals surface area contributed by atoms with E-state index >= 15 is 0 Å². The lowest BCUT2D eigenvalue weighted by Crippen LogP contribution is -3.10. The van der Waals surface area contributed by atoms with Gasteiger partial charge in [0.05, 0.1) is 20.2 Å². The van der Waals surface area contributed by atoms with E-state index in [4.69, 9.17) is 4.74 Å². The number of quaternary nitrogens is 1. The fourth-order valence-electron chi connectivity index (χ4n) is 2.88. The van der Waals surface area contributed by atoms with Crippen LogP contribution in [-0.2, 0) is 13.0 Å². The van der Waals surface area contributed by atoms with E-state index in [2.05, 4.69) is 0 Å². The zero-order chi connectivity index (χ0) is 18.4. The predicted octanol–water partition coefficient (Wildman–Crippen LogP) is 1.32. The molecule has 25 heavy (non-hydrogen) atoms. The largest absolute Gasteiger partial charge is 0.872 e. The van der Waals surface area contributed by atoms with Gasteiger partial charge in [-0.15, -0.1) is 0 Å². The molecule has 2 aromatic rings. The zero-order valence-corrected chi connectivity index (χ0v) is 15.0. The number of benzene rings is 2. The monoisotopic (exact) mass is 343 g/mol. The van der Waals surface area contributed by atoms with E-state index in [0.717, 1.165) is 18.7 Å². The fourth-order valence-corrected chi connectivity index (χ4v) is 2.88. The molecule has 2 rings (SSSR count). The molecule has 0 aliphatic heterocycles. The predicted molar refractivity (Wildman–Crippen MR) is 94.3 cm³/mol. The van der Waals surface area contributed by atoms with E-state index in [1.165, 1.54) is 17.0 Å². The Morgan fingerprint density at radius 3 is 2.48 bits per heavy atom. The Kier molecular flexibility index (Phi) is 6.42. The average Bonchev–Trinajstić information content (AvgIpc) is 2.62. The Balaban J connectivity index is 2.31. The van der Waals surface area contributed by atoms with Crippen molar-refractivity contribution in [3.8, 4) is 17.2 Å². The molecule has 0 radical (unpaired) electrons. The van der Waals surface area contributed by atoms with Crippen LogP contribution in [0.4, 0.5) is 0 Å². The molecule has 5 heteroatoms. The standard InChI is InChI=1S/C20H25NO4/c1-4-21(5-2)13-16-17(22)11-10-15(20(16)24)18(23)12-14-8-6-7-9-19(14)25-3/h6-11,22,24H,4-5,12-13H2,1-3H3. The summed E-state index contributed by atoms with van der Waals surface area (Å²) < 4.78 is 5.26. The van der Waals surface area contributed by atoms with Gasteiger partial charge in [-0.2, -0.15) is 0 Å². The Hall–Kier alpha value is -2.53. The minimum Gasteiger partial charge on any atom is -0.872 e. The van der Waals surface area contributed by atoms with Gasteiger partial charge in [0.15, 0.2) is 5.78 Å². The van der Waals surface area contributed by atoms with Crippen molar-refractivity contribution in [1.29, 1.82) is 0 Å². The Labute approximate surface area is 148 Å². The van der Waals surface area contributed by atoms with Crippen LogP contribution in [0.25, 0.3) is 0 Å². The molecule has 5 nitrogen and oxygen atoms in total. The number of phenolic OH excluding ortho intramolecular Hbond substituents is 1. The number of para-hydroxylation sites is 1. The van der Waals surface area contributed by atoms with Crippen LogP contribution in [0.15, 0.2) is 36.4 Å². The quantitative estimate of drug-likeness (QED) is 0.709. The van der Waals surface area contributed by atoms with Crippen LogP contribution in [0.5, 0.6) is 17.2 Å². The molecule has 134 valence electrons. The number of nitrogens with one attached hydrogen (secondary N) is 1. The summed E-state index contributed by atoms with van der Waals surface area (Å²) in [6.45, 7) is 6.14. The van der Waals surface area contributed by atoms with Gasteiger partial charge in [0, 0.05) is 23.1 Å². The smallest absolute Gasteiger partial charge is 0.166 e. The number of rotatable bonds is 8. The normalized spacial score (nSPS) is 10.9. The van der Waals surface area contributed by atoms with Crippen LogP contribution in [0.3, 0.4) is 0 Å². The Morgan fingerprint density at radius 1 is 1.16 bits per heavy atom. The molecule has 0 saturated heterocycles. The van der Waals surface area contributed by atoms with E-state index in [-0.39, 0.29) is 29.3 Å². The Morgan fingerprint density at radius 2 is 1.84 bits per heavy atom. The SMILES string of the molecule is CC[NH+](CC)Cc1c(O)ccc(C(=O)Cc2ccccc2OC)c1[O-]. The molecule has 0 bridgehead atoms. The van der Waals surface area contributed by atoms with Crippen LogP contribution in [0.1, 0.15) is 35.3 Å². The lowest BCUT2D eigenvalue weighted by molar-refractivity contribution is -0.910. The molecule has 2 aromatic carbocycles. The molecule has 2 N–H and O–H groups in total. The first-order valence-corrected chi connectivity index (χ1v) is 8.52. The van der Waals surface area contributed by atoms with Gasteiger partial charge < -0.3 is 19.8 Å². The van der Waals surface area contributed by atoms with Gasteiger partial charge in [0.2, 0.25) is 0 Å². The minimum absolute atomic E-state index is 0.0433. The summed E-state index contributed by atoms with van der Waals surface area (Å²) in [6, 6.07) is 10.1. The highest BCUT2D eigenvalue weighted by atomic mass is 16.5. The lowest BCUT2D eigenvalue weighted by atomic mass is 9.98. The molecule has 0 aliphatic rings. The van der Waals surface area contributed by atoms with Gasteiger partial charge in [-0.05, 0) is 32.0 Å². The van der Waals surface area contributed by atoms with Crippen LogP contribution in [0, 0.1) is 0 Å². The fraction of sp³-hybridized carbons (Fsp3) is 0.350. The number of hydrogen-bond donors (Lipinski definition) is 2. The molecule has 0 saturated carbocycles. The maximum atomic E-state index is 12.7. The number of ether oxygens (including phenoxy) is 1. The number of carbonyl (C=O) groups is 1. The van der Waals surface area contributed by atoms with E-state index in [1.807, 2.05) is 32.0 Å². The second kappa shape index (κ2) is 8.53. The van der Waals surface area contributed by atoms with Crippen LogP contribution in [-0.4, -0.2) is 31.1 Å². The maximum absolute atomic E-state index is 12.7. The van der Waals surface area contributed by atoms with Crippen LogP contribution >= 0.6 is 0 Å². The van der Waals surface area contributed by atoms with Gasteiger partial charge in [0.25, 0.3) is 0 Å². The third-order valence-corrected chi connectivity index (χ3v) is 4.51. The Bertz CT molecular complexity index is 738. The van der Waals surface area contributed by atoms with Crippen molar-refractivity contribution >= 4 is 5.78 Å². The van der Waals surface area contributed by atoms with Crippen LogP contribution in [0.2, 0.25) is 0 Å². The molecule has 0 heterocycles. The van der Waals surface area contributed by atoms with E-state index < -0.39 is 0 Å². The molecule has 0 fully saturated rings. The van der Waals surface area contributed by atoms with Gasteiger partial charge in [-0.3, -0.25) is 4.79 Å². The lowest BCUT2D eigenvalue weighted by Gasteiger charge is -2.23.